The number of hydrogen-bond acceptors (Lipinski definition) is 5. The first kappa shape index (κ1) is 23.1. The van der Waals surface area contributed by atoms with Gasteiger partial charge in [0.05, 0.1) is 6.61 Å². The summed E-state index contributed by atoms with van der Waals surface area (Å²) in [5.41, 5.74) is 1.69. The summed E-state index contributed by atoms with van der Waals surface area (Å²) in [6, 6.07) is 17.6. The molecule has 0 bridgehead atoms. The number of carbonyl (C=O) groups excluding carboxylic acids is 3. The van der Waals surface area contributed by atoms with Crippen molar-refractivity contribution < 1.29 is 23.9 Å². The monoisotopic (exact) mass is 412 g/mol. The van der Waals surface area contributed by atoms with Crippen LogP contribution < -0.4 is 10.6 Å². The van der Waals surface area contributed by atoms with Crippen molar-refractivity contribution in [3.8, 4) is 0 Å². The standard InChI is InChI=1S/C23H28N2O5/c1-17(2)15-29-21(14-26)25-22(27)20(13-18-9-5-3-6-10-18)24-23(28)30-16-19-11-7-4-8-12-19/h3-12,14,17,20-21H,13,15-16H2,1-2H3,(H,24,28)(H,25,27)/t20-,21?/m0/s1. The van der Waals surface area contributed by atoms with Crippen molar-refractivity contribution in [3.05, 3.63) is 71.8 Å². The van der Waals surface area contributed by atoms with Crippen molar-refractivity contribution in [1.29, 1.82) is 0 Å². The highest BCUT2D eigenvalue weighted by molar-refractivity contribution is 5.87. The number of benzene rings is 2. The van der Waals surface area contributed by atoms with E-state index in [0.717, 1.165) is 11.1 Å². The fourth-order valence-electron chi connectivity index (χ4n) is 2.62. The second-order valence-electron chi connectivity index (χ2n) is 7.24. The van der Waals surface area contributed by atoms with E-state index in [0.29, 0.717) is 12.9 Å². The SMILES string of the molecule is CC(C)COC(C=O)NC(=O)[C@H](Cc1ccccc1)NC(=O)OCc1ccccc1. The minimum Gasteiger partial charge on any atom is -0.445 e. The van der Waals surface area contributed by atoms with Gasteiger partial charge in [0.25, 0.3) is 0 Å². The van der Waals surface area contributed by atoms with Crippen LogP contribution in [0.15, 0.2) is 60.7 Å². The molecule has 0 heterocycles. The van der Waals surface area contributed by atoms with Crippen LogP contribution in [0.5, 0.6) is 0 Å². The molecule has 0 fully saturated rings. The molecule has 30 heavy (non-hydrogen) atoms. The molecule has 0 aliphatic heterocycles. The molecule has 1 unspecified atom stereocenters. The van der Waals surface area contributed by atoms with Gasteiger partial charge in [-0.3, -0.25) is 9.59 Å². The highest BCUT2D eigenvalue weighted by Gasteiger charge is 2.24. The van der Waals surface area contributed by atoms with E-state index >= 15 is 0 Å². The molecule has 7 heteroatoms. The van der Waals surface area contributed by atoms with E-state index in [1.54, 1.807) is 0 Å². The van der Waals surface area contributed by atoms with Crippen LogP contribution in [0.4, 0.5) is 4.79 Å². The van der Waals surface area contributed by atoms with Crippen LogP contribution in [0.25, 0.3) is 0 Å². The number of aldehydes is 1. The Bertz CT molecular complexity index is 796. The van der Waals surface area contributed by atoms with Crippen LogP contribution in [-0.2, 0) is 32.1 Å². The molecule has 0 saturated heterocycles. The Kier molecular flexibility index (Phi) is 9.54. The number of ether oxygens (including phenoxy) is 2. The lowest BCUT2D eigenvalue weighted by Gasteiger charge is -2.21. The lowest BCUT2D eigenvalue weighted by molar-refractivity contribution is -0.133. The second-order valence-corrected chi connectivity index (χ2v) is 7.24. The van der Waals surface area contributed by atoms with Crippen LogP contribution in [0.3, 0.4) is 0 Å². The number of hydrogen-bond donors (Lipinski definition) is 2. The van der Waals surface area contributed by atoms with Gasteiger partial charge in [-0.25, -0.2) is 4.79 Å². The first-order valence-corrected chi connectivity index (χ1v) is 9.86. The topological polar surface area (TPSA) is 93.7 Å². The van der Waals surface area contributed by atoms with Crippen LogP contribution in [0, 0.1) is 5.92 Å². The number of carbonyl (C=O) groups is 3. The maximum absolute atomic E-state index is 12.8. The third-order valence-corrected chi connectivity index (χ3v) is 4.12. The van der Waals surface area contributed by atoms with Crippen molar-refractivity contribution in [1.82, 2.24) is 10.6 Å². The number of alkyl carbamates (subject to hydrolysis) is 1. The summed E-state index contributed by atoms with van der Waals surface area (Å²) in [6.07, 6.45) is -1.04. The van der Waals surface area contributed by atoms with Crippen molar-refractivity contribution in [2.75, 3.05) is 6.61 Å². The maximum Gasteiger partial charge on any atom is 0.408 e. The molecule has 0 saturated carbocycles. The number of amides is 2. The average Bonchev–Trinajstić information content (AvgIpc) is 2.76. The number of rotatable bonds is 11. The molecular weight excluding hydrogens is 384 g/mol. The zero-order valence-corrected chi connectivity index (χ0v) is 17.2. The minimum atomic E-state index is -1.08. The third kappa shape index (κ3) is 8.45. The Labute approximate surface area is 176 Å². The predicted molar refractivity (Wildman–Crippen MR) is 112 cm³/mol. The predicted octanol–water partition coefficient (Wildman–Crippen LogP) is 2.84. The summed E-state index contributed by atoms with van der Waals surface area (Å²) in [5, 5.41) is 5.11. The van der Waals surface area contributed by atoms with Crippen LogP contribution in [0.1, 0.15) is 25.0 Å². The molecule has 160 valence electrons. The molecule has 0 aliphatic rings. The van der Waals surface area contributed by atoms with E-state index in [1.165, 1.54) is 0 Å². The van der Waals surface area contributed by atoms with Crippen molar-refractivity contribution in [2.45, 2.75) is 39.1 Å². The molecule has 2 aromatic rings. The van der Waals surface area contributed by atoms with Gasteiger partial charge in [-0.15, -0.1) is 0 Å². The van der Waals surface area contributed by atoms with Gasteiger partial charge in [-0.1, -0.05) is 74.5 Å². The smallest absolute Gasteiger partial charge is 0.408 e. The molecule has 7 nitrogen and oxygen atoms in total. The summed E-state index contributed by atoms with van der Waals surface area (Å²) in [4.78, 5) is 36.3. The summed E-state index contributed by atoms with van der Waals surface area (Å²) in [7, 11) is 0. The Balaban J connectivity index is 2.00. The van der Waals surface area contributed by atoms with Crippen molar-refractivity contribution >= 4 is 18.3 Å². The Hall–Kier alpha value is -3.19. The van der Waals surface area contributed by atoms with Gasteiger partial charge < -0.3 is 20.1 Å². The molecule has 0 radical (unpaired) electrons. The van der Waals surface area contributed by atoms with Crippen molar-refractivity contribution in [2.24, 2.45) is 5.92 Å². The summed E-state index contributed by atoms with van der Waals surface area (Å²) < 4.78 is 10.6. The van der Waals surface area contributed by atoms with Gasteiger partial charge in [0.2, 0.25) is 5.91 Å². The molecule has 2 amide bonds. The van der Waals surface area contributed by atoms with Gasteiger partial charge in [-0.2, -0.15) is 0 Å². The van der Waals surface area contributed by atoms with Gasteiger partial charge in [-0.05, 0) is 17.0 Å². The molecule has 2 rings (SSSR count). The minimum absolute atomic E-state index is 0.0841. The van der Waals surface area contributed by atoms with Gasteiger partial charge in [0, 0.05) is 6.42 Å². The molecular formula is C23H28N2O5. The molecule has 0 aliphatic carbocycles. The normalized spacial score (nSPS) is 12.6. The summed E-state index contributed by atoms with van der Waals surface area (Å²) >= 11 is 0. The molecule has 0 spiro atoms. The fourth-order valence-corrected chi connectivity index (χ4v) is 2.62. The summed E-state index contributed by atoms with van der Waals surface area (Å²) in [6.45, 7) is 4.28. The lowest BCUT2D eigenvalue weighted by atomic mass is 10.1. The van der Waals surface area contributed by atoms with E-state index < -0.39 is 24.3 Å². The Morgan fingerprint density at radius 3 is 2.10 bits per heavy atom. The van der Waals surface area contributed by atoms with E-state index in [-0.39, 0.29) is 18.9 Å². The average molecular weight is 412 g/mol. The maximum atomic E-state index is 12.8. The van der Waals surface area contributed by atoms with E-state index in [9.17, 15) is 14.4 Å². The number of nitrogens with one attached hydrogen (secondary N) is 2. The van der Waals surface area contributed by atoms with Gasteiger partial charge >= 0.3 is 6.09 Å². The van der Waals surface area contributed by atoms with Crippen LogP contribution in [0.2, 0.25) is 0 Å². The zero-order valence-electron chi connectivity index (χ0n) is 17.2. The Morgan fingerprint density at radius 1 is 0.933 bits per heavy atom. The molecule has 0 aromatic heterocycles. The summed E-state index contributed by atoms with van der Waals surface area (Å²) in [5.74, 6) is -0.327. The van der Waals surface area contributed by atoms with Crippen LogP contribution in [-0.4, -0.2) is 37.2 Å². The third-order valence-electron chi connectivity index (χ3n) is 4.12. The van der Waals surface area contributed by atoms with Gasteiger partial charge in [0.1, 0.15) is 12.6 Å². The fraction of sp³-hybridized carbons (Fsp3) is 0.348. The Morgan fingerprint density at radius 2 is 1.53 bits per heavy atom. The van der Waals surface area contributed by atoms with Crippen molar-refractivity contribution in [3.63, 3.8) is 0 Å². The first-order valence-electron chi connectivity index (χ1n) is 9.86. The molecule has 2 aromatic carbocycles. The van der Waals surface area contributed by atoms with E-state index in [2.05, 4.69) is 10.6 Å². The lowest BCUT2D eigenvalue weighted by Crippen LogP contribution is -2.52. The molecule has 2 N–H and O–H groups in total. The highest BCUT2D eigenvalue weighted by atomic mass is 16.5. The second kappa shape index (κ2) is 12.4. The first-order chi connectivity index (χ1) is 14.5. The van der Waals surface area contributed by atoms with E-state index in [4.69, 9.17) is 9.47 Å². The van der Waals surface area contributed by atoms with E-state index in [1.807, 2.05) is 74.5 Å². The highest BCUT2D eigenvalue weighted by Crippen LogP contribution is 2.06. The van der Waals surface area contributed by atoms with Gasteiger partial charge in [0.15, 0.2) is 12.5 Å². The van der Waals surface area contributed by atoms with Crippen LogP contribution >= 0.6 is 0 Å². The quantitative estimate of drug-likeness (QED) is 0.437. The molecule has 2 atom stereocenters. The zero-order chi connectivity index (χ0) is 21.8. The largest absolute Gasteiger partial charge is 0.445 e.